The van der Waals surface area contributed by atoms with Crippen LogP contribution in [0.5, 0.6) is 0 Å². The molecular formula is C21H22ClFN2O2. The number of hydrogen-bond donors (Lipinski definition) is 1. The molecule has 0 radical (unpaired) electrons. The summed E-state index contributed by atoms with van der Waals surface area (Å²) in [5.41, 5.74) is 1.20. The second-order valence-electron chi connectivity index (χ2n) is 6.16. The van der Waals surface area contributed by atoms with Crippen LogP contribution < -0.4 is 5.32 Å². The van der Waals surface area contributed by atoms with Crippen LogP contribution >= 0.6 is 11.6 Å². The first kappa shape index (κ1) is 20.6. The van der Waals surface area contributed by atoms with Gasteiger partial charge in [0, 0.05) is 30.6 Å². The number of nitrogens with zero attached hydrogens (tertiary/aromatic N) is 1. The fraction of sp³-hybridized carbons (Fsp3) is 0.238. The molecule has 0 fully saturated rings. The molecule has 142 valence electrons. The van der Waals surface area contributed by atoms with Crippen molar-refractivity contribution in [3.05, 3.63) is 83.2 Å². The number of rotatable bonds is 8. The number of carbonyl (C=O) groups excluding carboxylic acids is 2. The van der Waals surface area contributed by atoms with E-state index >= 15 is 0 Å². The van der Waals surface area contributed by atoms with Crippen LogP contribution in [-0.2, 0) is 16.1 Å². The van der Waals surface area contributed by atoms with Gasteiger partial charge in [0.1, 0.15) is 5.82 Å². The van der Waals surface area contributed by atoms with Crippen molar-refractivity contribution >= 4 is 23.4 Å². The lowest BCUT2D eigenvalue weighted by atomic mass is 10.0. The van der Waals surface area contributed by atoms with Gasteiger partial charge in [-0.05, 0) is 23.8 Å². The average molecular weight is 389 g/mol. The van der Waals surface area contributed by atoms with Gasteiger partial charge < -0.3 is 10.2 Å². The van der Waals surface area contributed by atoms with E-state index < -0.39 is 6.04 Å². The molecule has 0 saturated carbocycles. The molecule has 1 atom stereocenters. The van der Waals surface area contributed by atoms with Crippen LogP contribution in [0.15, 0.2) is 61.2 Å². The van der Waals surface area contributed by atoms with Crippen molar-refractivity contribution in [3.8, 4) is 0 Å². The molecule has 0 aliphatic heterocycles. The molecule has 0 saturated heterocycles. The Kier molecular flexibility index (Phi) is 7.55. The van der Waals surface area contributed by atoms with Gasteiger partial charge in [-0.2, -0.15) is 0 Å². The molecule has 2 aromatic carbocycles. The van der Waals surface area contributed by atoms with Gasteiger partial charge in [-0.3, -0.25) is 9.59 Å². The summed E-state index contributed by atoms with van der Waals surface area (Å²) in [6, 6.07) is 12.8. The van der Waals surface area contributed by atoms with Crippen molar-refractivity contribution in [3.63, 3.8) is 0 Å². The largest absolute Gasteiger partial charge is 0.349 e. The Balaban J connectivity index is 2.18. The molecule has 0 heterocycles. The number of nitrogens with one attached hydrogen (secondary N) is 1. The van der Waals surface area contributed by atoms with Crippen LogP contribution in [0.25, 0.3) is 0 Å². The summed E-state index contributed by atoms with van der Waals surface area (Å²) in [7, 11) is 0. The van der Waals surface area contributed by atoms with Crippen LogP contribution in [0.3, 0.4) is 0 Å². The third-order valence-electron chi connectivity index (χ3n) is 4.05. The molecular weight excluding hydrogens is 367 g/mol. The highest BCUT2D eigenvalue weighted by molar-refractivity contribution is 6.30. The highest BCUT2D eigenvalue weighted by atomic mass is 35.5. The zero-order valence-corrected chi connectivity index (χ0v) is 15.9. The molecule has 1 unspecified atom stereocenters. The summed E-state index contributed by atoms with van der Waals surface area (Å²) in [6.07, 6.45) is 1.64. The fourth-order valence-electron chi connectivity index (χ4n) is 2.74. The SMILES string of the molecule is C=CCN(Cc1ccccc1F)C(=O)CC(NC(C)=O)c1ccc(Cl)cc1. The molecule has 0 aromatic heterocycles. The first-order valence-corrected chi connectivity index (χ1v) is 8.93. The first-order chi connectivity index (χ1) is 12.9. The minimum absolute atomic E-state index is 0.0451. The lowest BCUT2D eigenvalue weighted by molar-refractivity contribution is -0.132. The summed E-state index contributed by atoms with van der Waals surface area (Å²) in [5.74, 6) is -0.825. The molecule has 2 rings (SSSR count). The van der Waals surface area contributed by atoms with E-state index in [1.807, 2.05) is 0 Å². The molecule has 2 amide bonds. The van der Waals surface area contributed by atoms with Crippen LogP contribution in [0.1, 0.15) is 30.5 Å². The molecule has 2 aromatic rings. The molecule has 0 bridgehead atoms. The van der Waals surface area contributed by atoms with Gasteiger partial charge >= 0.3 is 0 Å². The average Bonchev–Trinajstić information content (AvgIpc) is 2.62. The van der Waals surface area contributed by atoms with E-state index in [2.05, 4.69) is 11.9 Å². The van der Waals surface area contributed by atoms with E-state index in [0.717, 1.165) is 5.56 Å². The van der Waals surface area contributed by atoms with Gasteiger partial charge in [-0.1, -0.05) is 48.0 Å². The number of hydrogen-bond acceptors (Lipinski definition) is 2. The first-order valence-electron chi connectivity index (χ1n) is 8.55. The maximum Gasteiger partial charge on any atom is 0.225 e. The Morgan fingerprint density at radius 2 is 1.89 bits per heavy atom. The quantitative estimate of drug-likeness (QED) is 0.687. The van der Waals surface area contributed by atoms with Gasteiger partial charge in [-0.25, -0.2) is 4.39 Å². The molecule has 6 heteroatoms. The second-order valence-corrected chi connectivity index (χ2v) is 6.60. The monoisotopic (exact) mass is 388 g/mol. The van der Waals surface area contributed by atoms with Crippen molar-refractivity contribution < 1.29 is 14.0 Å². The maximum absolute atomic E-state index is 14.0. The van der Waals surface area contributed by atoms with Crippen LogP contribution in [0.2, 0.25) is 5.02 Å². The standard InChI is InChI=1S/C21H22ClFN2O2/c1-3-12-25(14-17-6-4-5-7-19(17)23)21(27)13-20(24-15(2)26)16-8-10-18(22)11-9-16/h3-11,20H,1,12-14H2,2H3,(H,24,26). The highest BCUT2D eigenvalue weighted by Crippen LogP contribution is 2.21. The van der Waals surface area contributed by atoms with Crippen LogP contribution in [0.4, 0.5) is 4.39 Å². The Labute approximate surface area is 163 Å². The van der Waals surface area contributed by atoms with Crippen molar-refractivity contribution in [1.82, 2.24) is 10.2 Å². The maximum atomic E-state index is 14.0. The van der Waals surface area contributed by atoms with Crippen molar-refractivity contribution in [2.24, 2.45) is 0 Å². The zero-order chi connectivity index (χ0) is 19.8. The number of carbonyl (C=O) groups is 2. The molecule has 27 heavy (non-hydrogen) atoms. The molecule has 1 N–H and O–H groups in total. The Morgan fingerprint density at radius 1 is 1.22 bits per heavy atom. The Hall–Kier alpha value is -2.66. The summed E-state index contributed by atoms with van der Waals surface area (Å²) < 4.78 is 14.0. The predicted octanol–water partition coefficient (Wildman–Crippen LogP) is 4.26. The Bertz CT molecular complexity index is 808. The van der Waals surface area contributed by atoms with E-state index in [4.69, 9.17) is 11.6 Å². The second kappa shape index (κ2) is 9.88. The van der Waals surface area contributed by atoms with Crippen molar-refractivity contribution in [2.75, 3.05) is 6.54 Å². The predicted molar refractivity (Wildman–Crippen MR) is 105 cm³/mol. The van der Waals surface area contributed by atoms with E-state index in [9.17, 15) is 14.0 Å². The van der Waals surface area contributed by atoms with Crippen LogP contribution in [-0.4, -0.2) is 23.3 Å². The topological polar surface area (TPSA) is 49.4 Å². The lowest BCUT2D eigenvalue weighted by Gasteiger charge is -2.25. The summed E-state index contributed by atoms with van der Waals surface area (Å²) in [5, 5.41) is 3.36. The third-order valence-corrected chi connectivity index (χ3v) is 4.30. The molecule has 0 spiro atoms. The van der Waals surface area contributed by atoms with Gasteiger partial charge in [0.05, 0.1) is 12.5 Å². The zero-order valence-electron chi connectivity index (χ0n) is 15.1. The number of halogens is 2. The highest BCUT2D eigenvalue weighted by Gasteiger charge is 2.21. The lowest BCUT2D eigenvalue weighted by Crippen LogP contribution is -2.36. The normalized spacial score (nSPS) is 11.5. The van der Waals surface area contributed by atoms with Crippen LogP contribution in [0, 0.1) is 5.82 Å². The van der Waals surface area contributed by atoms with Gasteiger partial charge in [0.25, 0.3) is 0 Å². The van der Waals surface area contributed by atoms with E-state index in [0.29, 0.717) is 10.6 Å². The third kappa shape index (κ3) is 6.22. The van der Waals surface area contributed by atoms with Crippen molar-refractivity contribution in [2.45, 2.75) is 25.9 Å². The van der Waals surface area contributed by atoms with E-state index in [1.165, 1.54) is 17.9 Å². The Morgan fingerprint density at radius 3 is 2.48 bits per heavy atom. The van der Waals surface area contributed by atoms with Gasteiger partial charge in [0.15, 0.2) is 0 Å². The number of benzene rings is 2. The minimum Gasteiger partial charge on any atom is -0.349 e. The van der Waals surface area contributed by atoms with E-state index in [-0.39, 0.29) is 37.1 Å². The summed E-state index contributed by atoms with van der Waals surface area (Å²) >= 11 is 5.92. The number of amides is 2. The van der Waals surface area contributed by atoms with Gasteiger partial charge in [0.2, 0.25) is 11.8 Å². The molecule has 0 aliphatic rings. The van der Waals surface area contributed by atoms with E-state index in [1.54, 1.807) is 48.5 Å². The minimum atomic E-state index is -0.500. The fourth-order valence-corrected chi connectivity index (χ4v) is 2.86. The van der Waals surface area contributed by atoms with Crippen molar-refractivity contribution in [1.29, 1.82) is 0 Å². The smallest absolute Gasteiger partial charge is 0.225 e. The molecule has 4 nitrogen and oxygen atoms in total. The summed E-state index contributed by atoms with van der Waals surface area (Å²) in [6.45, 7) is 5.48. The summed E-state index contributed by atoms with van der Waals surface area (Å²) in [4.78, 5) is 25.9. The molecule has 0 aliphatic carbocycles. The van der Waals surface area contributed by atoms with Gasteiger partial charge in [-0.15, -0.1) is 6.58 Å².